The van der Waals surface area contributed by atoms with Gasteiger partial charge in [0.15, 0.2) is 0 Å². The number of hydrogen-bond acceptors (Lipinski definition) is 3. The molecular weight excluding hydrogens is 406 g/mol. The summed E-state index contributed by atoms with van der Waals surface area (Å²) >= 11 is 0. The van der Waals surface area contributed by atoms with Gasteiger partial charge in [-0.3, -0.25) is 4.98 Å². The van der Waals surface area contributed by atoms with E-state index in [1.165, 1.54) is 68.2 Å². The van der Waals surface area contributed by atoms with Crippen LogP contribution in [0.15, 0.2) is 48.7 Å². The van der Waals surface area contributed by atoms with Crippen molar-refractivity contribution < 1.29 is 9.47 Å². The van der Waals surface area contributed by atoms with Crippen LogP contribution in [0.1, 0.15) is 113 Å². The van der Waals surface area contributed by atoms with E-state index < -0.39 is 0 Å². The zero-order valence-corrected chi connectivity index (χ0v) is 20.4. The number of fused-ring (bicyclic) bond motifs is 1. The van der Waals surface area contributed by atoms with Crippen molar-refractivity contribution in [3.63, 3.8) is 0 Å². The van der Waals surface area contributed by atoms with Gasteiger partial charge in [0.2, 0.25) is 0 Å². The van der Waals surface area contributed by atoms with Crippen molar-refractivity contribution in [3.05, 3.63) is 65.5 Å². The van der Waals surface area contributed by atoms with E-state index in [9.17, 15) is 0 Å². The molecule has 1 aromatic heterocycles. The first kappa shape index (κ1) is 23.1. The second-order valence-electron chi connectivity index (χ2n) is 10.8. The molecule has 3 heteroatoms. The molecule has 1 aromatic carbocycles. The molecule has 2 aromatic rings. The van der Waals surface area contributed by atoms with E-state index in [0.717, 1.165) is 38.9 Å². The van der Waals surface area contributed by atoms with E-state index >= 15 is 0 Å². The Hall–Kier alpha value is -1.71. The second kappa shape index (κ2) is 10.3. The summed E-state index contributed by atoms with van der Waals surface area (Å²) in [6.45, 7) is 3.94. The predicted molar refractivity (Wildman–Crippen MR) is 134 cm³/mol. The number of hydrogen-bond donors (Lipinski definition) is 0. The fraction of sp³-hybridized carbons (Fsp3) is 0.633. The minimum Gasteiger partial charge on any atom is -0.375 e. The van der Waals surface area contributed by atoms with Crippen LogP contribution in [0.3, 0.4) is 0 Å². The van der Waals surface area contributed by atoms with Crippen molar-refractivity contribution >= 4 is 0 Å². The number of benzene rings is 1. The summed E-state index contributed by atoms with van der Waals surface area (Å²) in [4.78, 5) is 4.90. The highest BCUT2D eigenvalue weighted by Crippen LogP contribution is 2.51. The van der Waals surface area contributed by atoms with Gasteiger partial charge in [-0.25, -0.2) is 0 Å². The third-order valence-corrected chi connectivity index (χ3v) is 8.66. The first-order valence-corrected chi connectivity index (χ1v) is 13.5. The van der Waals surface area contributed by atoms with Crippen molar-refractivity contribution in [1.29, 1.82) is 0 Å². The smallest absolute Gasteiger partial charge is 0.0827 e. The molecule has 0 bridgehead atoms. The molecule has 2 fully saturated rings. The zero-order chi connectivity index (χ0) is 22.6. The lowest BCUT2D eigenvalue weighted by Gasteiger charge is -2.46. The molecule has 1 saturated carbocycles. The van der Waals surface area contributed by atoms with Gasteiger partial charge in [0, 0.05) is 30.5 Å². The van der Waals surface area contributed by atoms with Crippen molar-refractivity contribution in [3.8, 4) is 0 Å². The largest absolute Gasteiger partial charge is 0.375 e. The minimum absolute atomic E-state index is 0.108. The molecule has 1 spiro atoms. The number of nitrogens with zero attached hydrogens (tertiary/aromatic N) is 1. The summed E-state index contributed by atoms with van der Waals surface area (Å²) in [6, 6.07) is 15.6. The van der Waals surface area contributed by atoms with Crippen molar-refractivity contribution in [2.24, 2.45) is 0 Å². The van der Waals surface area contributed by atoms with Crippen LogP contribution < -0.4 is 0 Å². The Labute approximate surface area is 200 Å². The van der Waals surface area contributed by atoms with Crippen LogP contribution in [0.2, 0.25) is 0 Å². The summed E-state index contributed by atoms with van der Waals surface area (Å²) < 4.78 is 12.7. The van der Waals surface area contributed by atoms with Crippen LogP contribution >= 0.6 is 0 Å². The van der Waals surface area contributed by atoms with Gasteiger partial charge < -0.3 is 9.47 Å². The topological polar surface area (TPSA) is 31.4 Å². The van der Waals surface area contributed by atoms with Gasteiger partial charge in [-0.1, -0.05) is 56.5 Å². The lowest BCUT2D eigenvalue weighted by molar-refractivity contribution is -0.105. The number of rotatable bonds is 8. The molecule has 3 atom stereocenters. The quantitative estimate of drug-likeness (QED) is 0.416. The van der Waals surface area contributed by atoms with Crippen LogP contribution in [-0.4, -0.2) is 23.8 Å². The SMILES string of the molecule is CCCO[C@H]1CC[C@H](CCC[C@@]2(c3ccccn3)CCOC3(CCCC3)C2)c2ccccc21. The molecule has 1 saturated heterocycles. The van der Waals surface area contributed by atoms with Gasteiger partial charge in [-0.15, -0.1) is 0 Å². The third kappa shape index (κ3) is 4.91. The van der Waals surface area contributed by atoms with Gasteiger partial charge in [0.05, 0.1) is 11.7 Å². The highest BCUT2D eigenvalue weighted by molar-refractivity contribution is 5.34. The summed E-state index contributed by atoms with van der Waals surface area (Å²) in [6.07, 6.45) is 16.9. The van der Waals surface area contributed by atoms with E-state index in [2.05, 4.69) is 49.4 Å². The summed E-state index contributed by atoms with van der Waals surface area (Å²) in [7, 11) is 0. The van der Waals surface area contributed by atoms with Crippen LogP contribution in [0, 0.1) is 0 Å². The van der Waals surface area contributed by atoms with Crippen molar-refractivity contribution in [2.75, 3.05) is 13.2 Å². The normalized spacial score (nSPS) is 28.6. The molecule has 33 heavy (non-hydrogen) atoms. The highest BCUT2D eigenvalue weighted by Gasteiger charge is 2.48. The fourth-order valence-electron chi connectivity index (χ4n) is 7.06. The molecule has 0 radical (unpaired) electrons. The number of aromatic nitrogens is 1. The molecule has 2 aliphatic carbocycles. The molecule has 2 heterocycles. The molecule has 3 aliphatic rings. The lowest BCUT2D eigenvalue weighted by Crippen LogP contribution is -2.46. The average molecular weight is 448 g/mol. The van der Waals surface area contributed by atoms with E-state index in [-0.39, 0.29) is 17.1 Å². The van der Waals surface area contributed by atoms with Crippen molar-refractivity contribution in [2.45, 2.75) is 107 Å². The molecule has 3 nitrogen and oxygen atoms in total. The van der Waals surface area contributed by atoms with Crippen LogP contribution in [0.5, 0.6) is 0 Å². The Morgan fingerprint density at radius 3 is 2.61 bits per heavy atom. The Bertz CT molecular complexity index is 891. The Morgan fingerprint density at radius 1 is 1.00 bits per heavy atom. The average Bonchev–Trinajstić information content (AvgIpc) is 3.31. The maximum absolute atomic E-state index is 6.45. The molecule has 0 N–H and O–H groups in total. The summed E-state index contributed by atoms with van der Waals surface area (Å²) in [5.74, 6) is 0.656. The van der Waals surface area contributed by atoms with Gasteiger partial charge >= 0.3 is 0 Å². The van der Waals surface area contributed by atoms with Gasteiger partial charge in [0.25, 0.3) is 0 Å². The lowest BCUT2D eigenvalue weighted by atomic mass is 9.66. The van der Waals surface area contributed by atoms with Gasteiger partial charge in [-0.2, -0.15) is 0 Å². The van der Waals surface area contributed by atoms with Crippen LogP contribution in [0.4, 0.5) is 0 Å². The standard InChI is InChI=1S/C30H41NO2/c1-2-21-32-27-15-14-24(25-11-3-4-12-26(25)27)10-9-16-29(28-13-5-8-20-31-28)19-22-33-30(23-29)17-6-7-18-30/h3-5,8,11-13,20,24,27H,2,6-7,9-10,14-19,21-23H2,1H3/t24-,27-,29+/m0/s1. The minimum atomic E-state index is 0.108. The number of ether oxygens (including phenoxy) is 2. The highest BCUT2D eigenvalue weighted by atomic mass is 16.5. The molecule has 178 valence electrons. The number of pyridine rings is 1. The van der Waals surface area contributed by atoms with Crippen LogP contribution in [0.25, 0.3) is 0 Å². The fourth-order valence-corrected chi connectivity index (χ4v) is 7.06. The first-order chi connectivity index (χ1) is 16.2. The van der Waals surface area contributed by atoms with E-state index in [1.807, 2.05) is 6.20 Å². The Kier molecular flexibility index (Phi) is 7.18. The molecular formula is C30H41NO2. The van der Waals surface area contributed by atoms with E-state index in [0.29, 0.717) is 5.92 Å². The van der Waals surface area contributed by atoms with E-state index in [4.69, 9.17) is 14.5 Å². The second-order valence-corrected chi connectivity index (χ2v) is 10.8. The van der Waals surface area contributed by atoms with Gasteiger partial charge in [-0.05, 0) is 87.0 Å². The maximum atomic E-state index is 6.45. The third-order valence-electron chi connectivity index (χ3n) is 8.66. The predicted octanol–water partition coefficient (Wildman–Crippen LogP) is 7.66. The zero-order valence-electron chi connectivity index (χ0n) is 20.4. The van der Waals surface area contributed by atoms with Crippen molar-refractivity contribution in [1.82, 2.24) is 4.98 Å². The molecule has 0 amide bonds. The Morgan fingerprint density at radius 2 is 1.82 bits per heavy atom. The molecule has 5 rings (SSSR count). The van der Waals surface area contributed by atoms with Gasteiger partial charge in [0.1, 0.15) is 0 Å². The first-order valence-electron chi connectivity index (χ1n) is 13.5. The van der Waals surface area contributed by atoms with Crippen LogP contribution in [-0.2, 0) is 14.9 Å². The van der Waals surface area contributed by atoms with E-state index in [1.54, 1.807) is 0 Å². The maximum Gasteiger partial charge on any atom is 0.0827 e. The molecule has 0 unspecified atom stereocenters. The molecule has 1 aliphatic heterocycles. The Balaban J connectivity index is 1.30. The summed E-state index contributed by atoms with van der Waals surface area (Å²) in [5.41, 5.74) is 4.56. The summed E-state index contributed by atoms with van der Waals surface area (Å²) in [5, 5.41) is 0. The monoisotopic (exact) mass is 447 g/mol.